The van der Waals surface area contributed by atoms with E-state index in [9.17, 15) is 27.9 Å². The molecule has 10 nitrogen and oxygen atoms in total. The van der Waals surface area contributed by atoms with Crippen LogP contribution in [0.1, 0.15) is 43.1 Å². The highest BCUT2D eigenvalue weighted by molar-refractivity contribution is 7.89. The maximum absolute atomic E-state index is 13.6. The van der Waals surface area contributed by atoms with Gasteiger partial charge < -0.3 is 15.6 Å². The second kappa shape index (κ2) is 14.1. The lowest BCUT2D eigenvalue weighted by Crippen LogP contribution is -2.43. The number of nitrogens with two attached hydrogens (primary N) is 1. The molecule has 1 fully saturated rings. The van der Waals surface area contributed by atoms with Gasteiger partial charge in [-0.2, -0.15) is 4.31 Å². The summed E-state index contributed by atoms with van der Waals surface area (Å²) in [7, 11) is -3.98. The zero-order valence-corrected chi connectivity index (χ0v) is 25.9. The minimum atomic E-state index is -3.98. The van der Waals surface area contributed by atoms with Crippen molar-refractivity contribution in [1.29, 1.82) is 0 Å². The number of carbonyl (C=O) groups excluding carboxylic acids is 3. The van der Waals surface area contributed by atoms with Gasteiger partial charge in [0.1, 0.15) is 0 Å². The van der Waals surface area contributed by atoms with Crippen LogP contribution in [0.3, 0.4) is 0 Å². The molecule has 44 heavy (non-hydrogen) atoms. The van der Waals surface area contributed by atoms with Gasteiger partial charge in [-0.05, 0) is 67.1 Å². The van der Waals surface area contributed by atoms with Crippen LogP contribution in [0, 0.1) is 11.8 Å². The van der Waals surface area contributed by atoms with E-state index in [-0.39, 0.29) is 48.4 Å². The Labute approximate surface area is 258 Å². The Morgan fingerprint density at radius 3 is 2.34 bits per heavy atom. The quantitative estimate of drug-likeness (QED) is 0.200. The van der Waals surface area contributed by atoms with Crippen molar-refractivity contribution in [3.63, 3.8) is 0 Å². The van der Waals surface area contributed by atoms with Crippen LogP contribution in [0.4, 0.5) is 16.2 Å². The molecule has 1 aliphatic rings. The number of anilines is 2. The molecule has 0 aliphatic carbocycles. The minimum Gasteiger partial charge on any atom is -0.436 e. The molecule has 234 valence electrons. The summed E-state index contributed by atoms with van der Waals surface area (Å²) in [4.78, 5) is 39.5. The second-order valence-electron chi connectivity index (χ2n) is 11.6. The SMILES string of the molecule is CC(=O)c1cccc(N2C[C@@H](C(=O)C[C@@H](Cc3ccccc3)[C@H](O)CN(CC(C)C)S(=O)(=O)c3ccc(N)cc3)OC2=O)c1. The van der Waals surface area contributed by atoms with Crippen LogP contribution in [-0.2, 0) is 26.0 Å². The number of nitrogens with zero attached hydrogens (tertiary/aromatic N) is 2. The Morgan fingerprint density at radius 1 is 1.02 bits per heavy atom. The number of ether oxygens (including phenoxy) is 1. The van der Waals surface area contributed by atoms with E-state index in [1.807, 2.05) is 44.2 Å². The highest BCUT2D eigenvalue weighted by atomic mass is 32.2. The van der Waals surface area contributed by atoms with Crippen LogP contribution < -0.4 is 10.6 Å². The van der Waals surface area contributed by atoms with E-state index in [0.717, 1.165) is 5.56 Å². The molecule has 1 aliphatic heterocycles. The van der Waals surface area contributed by atoms with E-state index in [0.29, 0.717) is 23.4 Å². The van der Waals surface area contributed by atoms with Gasteiger partial charge in [-0.1, -0.05) is 56.3 Å². The van der Waals surface area contributed by atoms with Crippen LogP contribution in [0.15, 0.2) is 83.8 Å². The summed E-state index contributed by atoms with van der Waals surface area (Å²) in [5, 5.41) is 11.5. The number of benzene rings is 3. The van der Waals surface area contributed by atoms with Gasteiger partial charge in [0, 0.05) is 36.4 Å². The van der Waals surface area contributed by atoms with Crippen molar-refractivity contribution < 1.29 is 32.6 Å². The van der Waals surface area contributed by atoms with Crippen LogP contribution >= 0.6 is 0 Å². The maximum Gasteiger partial charge on any atom is 0.415 e. The summed E-state index contributed by atoms with van der Waals surface area (Å²) in [5.41, 5.74) is 7.92. The van der Waals surface area contributed by atoms with Gasteiger partial charge >= 0.3 is 6.09 Å². The van der Waals surface area contributed by atoms with E-state index in [1.54, 1.807) is 24.3 Å². The molecule has 0 aromatic heterocycles. The fourth-order valence-corrected chi connectivity index (χ4v) is 6.83. The third-order valence-corrected chi connectivity index (χ3v) is 9.41. The van der Waals surface area contributed by atoms with Crippen LogP contribution in [0.2, 0.25) is 0 Å². The normalized spacial score (nSPS) is 16.6. The average molecular weight is 622 g/mol. The first-order valence-corrected chi connectivity index (χ1v) is 16.0. The van der Waals surface area contributed by atoms with Crippen molar-refractivity contribution in [1.82, 2.24) is 4.31 Å². The van der Waals surface area contributed by atoms with Gasteiger partial charge in [0.2, 0.25) is 10.0 Å². The fourth-order valence-electron chi connectivity index (χ4n) is 5.21. The Balaban J connectivity index is 1.55. The van der Waals surface area contributed by atoms with Crippen LogP contribution in [-0.4, -0.2) is 67.3 Å². The number of Topliss-reactive ketones (excluding diaryl/α,β-unsaturated/α-hetero) is 2. The molecular formula is C33H39N3O7S. The van der Waals surface area contributed by atoms with E-state index in [1.165, 1.54) is 40.4 Å². The molecule has 3 aromatic rings. The summed E-state index contributed by atoms with van der Waals surface area (Å²) >= 11 is 0. The first kappa shape index (κ1) is 32.8. The lowest BCUT2D eigenvalue weighted by Gasteiger charge is -2.30. The fraction of sp³-hybridized carbons (Fsp3) is 0.364. The molecule has 4 rings (SSSR count). The predicted molar refractivity (Wildman–Crippen MR) is 168 cm³/mol. The van der Waals surface area contributed by atoms with Crippen molar-refractivity contribution in [2.24, 2.45) is 11.8 Å². The summed E-state index contributed by atoms with van der Waals surface area (Å²) in [6.07, 6.45) is -2.84. The monoisotopic (exact) mass is 621 g/mol. The molecule has 1 saturated heterocycles. The Hall–Kier alpha value is -4.06. The highest BCUT2D eigenvalue weighted by Gasteiger charge is 2.39. The van der Waals surface area contributed by atoms with Crippen molar-refractivity contribution >= 4 is 39.1 Å². The Morgan fingerprint density at radius 2 is 1.70 bits per heavy atom. The summed E-state index contributed by atoms with van der Waals surface area (Å²) in [6, 6.07) is 21.7. The molecule has 0 saturated carbocycles. The van der Waals surface area contributed by atoms with E-state index >= 15 is 0 Å². The minimum absolute atomic E-state index is 0.0367. The molecular weight excluding hydrogens is 582 g/mol. The van der Waals surface area contributed by atoms with Gasteiger partial charge in [-0.25, -0.2) is 13.2 Å². The molecule has 0 spiro atoms. The largest absolute Gasteiger partial charge is 0.436 e. The summed E-state index contributed by atoms with van der Waals surface area (Å²) in [5.74, 6) is -1.25. The highest BCUT2D eigenvalue weighted by Crippen LogP contribution is 2.27. The number of rotatable bonds is 14. The number of aliphatic hydroxyl groups is 1. The van der Waals surface area contributed by atoms with Gasteiger partial charge in [-0.3, -0.25) is 14.5 Å². The number of sulfonamides is 1. The van der Waals surface area contributed by atoms with Crippen molar-refractivity contribution in [2.45, 2.75) is 50.7 Å². The molecule has 11 heteroatoms. The first-order chi connectivity index (χ1) is 20.8. The van der Waals surface area contributed by atoms with Gasteiger partial charge in [-0.15, -0.1) is 0 Å². The van der Waals surface area contributed by atoms with Crippen molar-refractivity contribution in [3.8, 4) is 0 Å². The lowest BCUT2D eigenvalue weighted by atomic mass is 9.88. The molecule has 3 aromatic carbocycles. The maximum atomic E-state index is 13.6. The molecule has 0 bridgehead atoms. The summed E-state index contributed by atoms with van der Waals surface area (Å²) in [6.45, 7) is 5.08. The number of carbonyl (C=O) groups is 3. The number of aliphatic hydroxyl groups excluding tert-OH is 1. The van der Waals surface area contributed by atoms with E-state index in [4.69, 9.17) is 10.5 Å². The predicted octanol–water partition coefficient (Wildman–Crippen LogP) is 4.32. The number of hydrogen-bond donors (Lipinski definition) is 2. The first-order valence-electron chi connectivity index (χ1n) is 14.5. The average Bonchev–Trinajstić information content (AvgIpc) is 3.38. The zero-order valence-electron chi connectivity index (χ0n) is 25.1. The zero-order chi connectivity index (χ0) is 32.0. The topological polar surface area (TPSA) is 147 Å². The van der Waals surface area contributed by atoms with E-state index < -0.39 is 34.2 Å². The molecule has 3 N–H and O–H groups in total. The van der Waals surface area contributed by atoms with Crippen molar-refractivity contribution in [2.75, 3.05) is 30.3 Å². The van der Waals surface area contributed by atoms with Gasteiger partial charge in [0.15, 0.2) is 17.7 Å². The second-order valence-corrected chi connectivity index (χ2v) is 13.5. The van der Waals surface area contributed by atoms with Gasteiger partial charge in [0.25, 0.3) is 0 Å². The smallest absolute Gasteiger partial charge is 0.415 e. The van der Waals surface area contributed by atoms with Crippen LogP contribution in [0.25, 0.3) is 0 Å². The standard InChI is InChI=1S/C33H39N3O7S/c1-22(2)19-35(44(41,42)29-14-12-27(34)13-15-29)20-31(39)26(16-24-8-5-4-6-9-24)18-30(38)32-21-36(33(40)43-32)28-11-7-10-25(17-28)23(3)37/h4-15,17,22,26,31-32,39H,16,18-21,34H2,1-3H3/t26-,31-,32+/m1/s1. The molecule has 0 unspecified atom stereocenters. The number of ketones is 2. The number of hydrogen-bond acceptors (Lipinski definition) is 8. The van der Waals surface area contributed by atoms with Gasteiger partial charge in [0.05, 0.1) is 17.5 Å². The molecule has 1 heterocycles. The summed E-state index contributed by atoms with van der Waals surface area (Å²) < 4.78 is 33.9. The third-order valence-electron chi connectivity index (χ3n) is 7.56. The molecule has 3 atom stereocenters. The van der Waals surface area contributed by atoms with E-state index in [2.05, 4.69) is 0 Å². The van der Waals surface area contributed by atoms with Crippen molar-refractivity contribution in [3.05, 3.63) is 90.0 Å². The third kappa shape index (κ3) is 8.10. The number of amides is 1. The number of cyclic esters (lactones) is 1. The Kier molecular flexibility index (Phi) is 10.6. The lowest BCUT2D eigenvalue weighted by molar-refractivity contribution is -0.127. The Bertz CT molecular complexity index is 1580. The number of nitrogen functional groups attached to an aromatic ring is 1. The molecule has 1 amide bonds. The van der Waals surface area contributed by atoms with Crippen LogP contribution in [0.5, 0.6) is 0 Å². The molecule has 0 radical (unpaired) electrons.